The Kier molecular flexibility index (Phi) is 4.87. The molecule has 0 unspecified atom stereocenters. The van der Waals surface area contributed by atoms with Gasteiger partial charge in [-0.25, -0.2) is 0 Å². The summed E-state index contributed by atoms with van der Waals surface area (Å²) in [4.78, 5) is 23.6. The molecule has 0 aromatic carbocycles. The van der Waals surface area contributed by atoms with Crippen molar-refractivity contribution in [3.8, 4) is 0 Å². The van der Waals surface area contributed by atoms with Crippen LogP contribution in [0.1, 0.15) is 47.0 Å². The number of rotatable bonds is 4. The summed E-state index contributed by atoms with van der Waals surface area (Å²) in [5.41, 5.74) is 1.23. The Hall–Kier alpha value is -1.64. The van der Waals surface area contributed by atoms with E-state index in [4.69, 9.17) is 0 Å². The van der Waals surface area contributed by atoms with Crippen LogP contribution in [-0.4, -0.2) is 16.7 Å². The van der Waals surface area contributed by atoms with Gasteiger partial charge in [-0.05, 0) is 40.5 Å². The zero-order chi connectivity index (χ0) is 14.6. The zero-order valence-corrected chi connectivity index (χ0v) is 12.1. The van der Waals surface area contributed by atoms with Crippen molar-refractivity contribution in [2.75, 3.05) is 0 Å². The maximum atomic E-state index is 12.3. The molecule has 0 aromatic rings. The lowest BCUT2D eigenvalue weighted by atomic mass is 9.70. The standard InChI is InChI=1S/C16H22O3/c1-11(2)5-7-16(8-6-12(3)4)14(18)9-13(17)10-15(16)19/h5-6,9,18H,7-8,10H2,1-4H3. The molecule has 0 spiro atoms. The highest BCUT2D eigenvalue weighted by molar-refractivity contribution is 6.10. The van der Waals surface area contributed by atoms with Crippen LogP contribution in [0.3, 0.4) is 0 Å². The highest BCUT2D eigenvalue weighted by atomic mass is 16.3. The number of carbonyl (C=O) groups is 2. The summed E-state index contributed by atoms with van der Waals surface area (Å²) in [5, 5.41) is 10.1. The average molecular weight is 262 g/mol. The van der Waals surface area contributed by atoms with E-state index < -0.39 is 5.41 Å². The van der Waals surface area contributed by atoms with Crippen molar-refractivity contribution < 1.29 is 14.7 Å². The minimum Gasteiger partial charge on any atom is -0.511 e. The third-order valence-electron chi connectivity index (χ3n) is 3.37. The predicted octanol–water partition coefficient (Wildman–Crippen LogP) is 3.67. The smallest absolute Gasteiger partial charge is 0.166 e. The summed E-state index contributed by atoms with van der Waals surface area (Å²) in [5.74, 6) is -0.594. The van der Waals surface area contributed by atoms with Gasteiger partial charge in [0.05, 0.1) is 11.8 Å². The maximum absolute atomic E-state index is 12.3. The Balaban J connectivity index is 3.20. The summed E-state index contributed by atoms with van der Waals surface area (Å²) in [6.07, 6.45) is 5.85. The minimum absolute atomic E-state index is 0.0937. The summed E-state index contributed by atoms with van der Waals surface area (Å²) in [6, 6.07) is 0. The molecule has 0 atom stereocenters. The van der Waals surface area contributed by atoms with Crippen molar-refractivity contribution in [3.63, 3.8) is 0 Å². The third kappa shape index (κ3) is 3.66. The van der Waals surface area contributed by atoms with E-state index in [2.05, 4.69) is 0 Å². The Morgan fingerprint density at radius 2 is 1.63 bits per heavy atom. The van der Waals surface area contributed by atoms with Gasteiger partial charge in [0, 0.05) is 6.08 Å². The van der Waals surface area contributed by atoms with Crippen LogP contribution in [0.15, 0.2) is 35.1 Å². The van der Waals surface area contributed by atoms with Crippen molar-refractivity contribution in [1.29, 1.82) is 0 Å². The molecule has 1 N–H and O–H groups in total. The van der Waals surface area contributed by atoms with Gasteiger partial charge in [0.15, 0.2) is 11.6 Å². The highest BCUT2D eigenvalue weighted by Gasteiger charge is 2.43. The van der Waals surface area contributed by atoms with Crippen LogP contribution in [0.25, 0.3) is 0 Å². The van der Waals surface area contributed by atoms with Gasteiger partial charge < -0.3 is 5.11 Å². The number of Topliss-reactive ketones (excluding diaryl/α,β-unsaturated/α-hetero) is 1. The van der Waals surface area contributed by atoms with Crippen molar-refractivity contribution in [2.45, 2.75) is 47.0 Å². The topological polar surface area (TPSA) is 54.4 Å². The quantitative estimate of drug-likeness (QED) is 0.621. The molecule has 1 rings (SSSR count). The van der Waals surface area contributed by atoms with E-state index >= 15 is 0 Å². The molecule has 0 amide bonds. The Morgan fingerprint density at radius 3 is 2.00 bits per heavy atom. The lowest BCUT2D eigenvalue weighted by molar-refractivity contribution is -0.133. The van der Waals surface area contributed by atoms with Crippen molar-refractivity contribution >= 4 is 11.6 Å². The fourth-order valence-corrected chi connectivity index (χ4v) is 2.09. The first-order valence-electron chi connectivity index (χ1n) is 6.52. The minimum atomic E-state index is -0.956. The van der Waals surface area contributed by atoms with Gasteiger partial charge in [-0.3, -0.25) is 9.59 Å². The van der Waals surface area contributed by atoms with Crippen LogP contribution in [0.4, 0.5) is 0 Å². The normalized spacial score (nSPS) is 17.8. The number of aliphatic hydroxyl groups excluding tert-OH is 1. The lowest BCUT2D eigenvalue weighted by Crippen LogP contribution is -2.37. The second-order valence-corrected chi connectivity index (χ2v) is 5.65. The number of carbonyl (C=O) groups excluding carboxylic acids is 2. The number of allylic oxidation sites excluding steroid dienone is 6. The van der Waals surface area contributed by atoms with E-state index in [9.17, 15) is 14.7 Å². The molecule has 1 aliphatic carbocycles. The lowest BCUT2D eigenvalue weighted by Gasteiger charge is -2.32. The molecule has 104 valence electrons. The largest absolute Gasteiger partial charge is 0.511 e. The molecule has 1 aliphatic rings. The summed E-state index contributed by atoms with van der Waals surface area (Å²) < 4.78 is 0. The predicted molar refractivity (Wildman–Crippen MR) is 75.9 cm³/mol. The fourth-order valence-electron chi connectivity index (χ4n) is 2.09. The van der Waals surface area contributed by atoms with Crippen LogP contribution in [0.2, 0.25) is 0 Å². The Labute approximate surface area is 114 Å². The Bertz CT molecular complexity index is 450. The molecule has 0 saturated heterocycles. The maximum Gasteiger partial charge on any atom is 0.166 e. The Morgan fingerprint density at radius 1 is 1.16 bits per heavy atom. The van der Waals surface area contributed by atoms with Gasteiger partial charge in [-0.2, -0.15) is 0 Å². The molecular formula is C16H22O3. The van der Waals surface area contributed by atoms with Gasteiger partial charge in [0.1, 0.15) is 5.76 Å². The first kappa shape index (κ1) is 15.4. The average Bonchev–Trinajstić information content (AvgIpc) is 2.26. The summed E-state index contributed by atoms with van der Waals surface area (Å²) in [6.45, 7) is 7.81. The zero-order valence-electron chi connectivity index (χ0n) is 12.1. The number of aliphatic hydroxyl groups is 1. The first-order chi connectivity index (χ1) is 8.78. The number of hydrogen-bond donors (Lipinski definition) is 1. The van der Waals surface area contributed by atoms with E-state index in [0.717, 1.165) is 11.1 Å². The van der Waals surface area contributed by atoms with Gasteiger partial charge in [-0.1, -0.05) is 23.3 Å². The van der Waals surface area contributed by atoms with E-state index in [1.807, 2.05) is 39.8 Å². The highest BCUT2D eigenvalue weighted by Crippen LogP contribution is 2.40. The molecule has 0 aromatic heterocycles. The number of hydrogen-bond acceptors (Lipinski definition) is 3. The molecule has 0 radical (unpaired) electrons. The van der Waals surface area contributed by atoms with Crippen LogP contribution >= 0.6 is 0 Å². The van der Waals surface area contributed by atoms with Gasteiger partial charge in [-0.15, -0.1) is 0 Å². The first-order valence-corrected chi connectivity index (χ1v) is 6.52. The van der Waals surface area contributed by atoms with E-state index in [1.165, 1.54) is 6.08 Å². The summed E-state index contributed by atoms with van der Waals surface area (Å²) >= 11 is 0. The van der Waals surface area contributed by atoms with Gasteiger partial charge in [0.2, 0.25) is 0 Å². The molecule has 0 saturated carbocycles. The van der Waals surface area contributed by atoms with Crippen molar-refractivity contribution in [2.24, 2.45) is 5.41 Å². The van der Waals surface area contributed by atoms with E-state index in [-0.39, 0.29) is 23.7 Å². The molecule has 0 bridgehead atoms. The second-order valence-electron chi connectivity index (χ2n) is 5.65. The number of ketones is 2. The van der Waals surface area contributed by atoms with E-state index in [0.29, 0.717) is 12.8 Å². The molecule has 3 heteroatoms. The SMILES string of the molecule is CC(C)=CCC1(CC=C(C)C)C(=O)CC(=O)C=C1O. The molecule has 0 heterocycles. The molecule has 0 aliphatic heterocycles. The van der Waals surface area contributed by atoms with Crippen molar-refractivity contribution in [1.82, 2.24) is 0 Å². The van der Waals surface area contributed by atoms with Crippen LogP contribution in [0.5, 0.6) is 0 Å². The second kappa shape index (κ2) is 6.00. The molecule has 0 fully saturated rings. The molecule has 3 nitrogen and oxygen atoms in total. The molecule has 19 heavy (non-hydrogen) atoms. The van der Waals surface area contributed by atoms with Gasteiger partial charge >= 0.3 is 0 Å². The third-order valence-corrected chi connectivity index (χ3v) is 3.37. The van der Waals surface area contributed by atoms with E-state index in [1.54, 1.807) is 0 Å². The molecular weight excluding hydrogens is 240 g/mol. The van der Waals surface area contributed by atoms with Crippen molar-refractivity contribution in [3.05, 3.63) is 35.1 Å². The monoisotopic (exact) mass is 262 g/mol. The summed E-state index contributed by atoms with van der Waals surface area (Å²) in [7, 11) is 0. The van der Waals surface area contributed by atoms with Crippen LogP contribution < -0.4 is 0 Å². The van der Waals surface area contributed by atoms with Gasteiger partial charge in [0.25, 0.3) is 0 Å². The van der Waals surface area contributed by atoms with Crippen LogP contribution in [0, 0.1) is 5.41 Å². The van der Waals surface area contributed by atoms with Crippen LogP contribution in [-0.2, 0) is 9.59 Å². The fraction of sp³-hybridized carbons (Fsp3) is 0.500.